The second kappa shape index (κ2) is 9.47. The van der Waals surface area contributed by atoms with E-state index in [2.05, 4.69) is 12.2 Å². The van der Waals surface area contributed by atoms with Crippen molar-refractivity contribution in [3.05, 3.63) is 42.0 Å². The van der Waals surface area contributed by atoms with Crippen molar-refractivity contribution in [3.63, 3.8) is 0 Å². The number of hydrogen-bond acceptors (Lipinski definition) is 4. The summed E-state index contributed by atoms with van der Waals surface area (Å²) in [6.45, 7) is 9.46. The van der Waals surface area contributed by atoms with Gasteiger partial charge in [0.25, 0.3) is 5.91 Å². The summed E-state index contributed by atoms with van der Waals surface area (Å²) in [5.74, 6) is -0.100. The van der Waals surface area contributed by atoms with E-state index in [1.54, 1.807) is 0 Å². The number of amides is 2. The van der Waals surface area contributed by atoms with E-state index < -0.39 is 11.7 Å². The smallest absolute Gasteiger partial charge is 0.412 e. The largest absolute Gasteiger partial charge is 0.444 e. The van der Waals surface area contributed by atoms with Gasteiger partial charge < -0.3 is 14.4 Å². The molecule has 1 heterocycles. The molecule has 162 valence electrons. The Labute approximate surface area is 178 Å². The molecule has 1 unspecified atom stereocenters. The lowest BCUT2D eigenvalue weighted by Crippen LogP contribution is -2.43. The summed E-state index contributed by atoms with van der Waals surface area (Å²) in [5, 5.41) is 4.68. The molecule has 6 nitrogen and oxygen atoms in total. The quantitative estimate of drug-likeness (QED) is 0.731. The highest BCUT2D eigenvalue weighted by atomic mass is 16.6. The number of nitrogens with one attached hydrogen (secondary N) is 1. The Morgan fingerprint density at radius 3 is 2.53 bits per heavy atom. The lowest BCUT2D eigenvalue weighted by molar-refractivity contribution is 0.00214. The van der Waals surface area contributed by atoms with Gasteiger partial charge in [-0.05, 0) is 62.9 Å². The van der Waals surface area contributed by atoms with Gasteiger partial charge >= 0.3 is 6.09 Å². The van der Waals surface area contributed by atoms with Crippen molar-refractivity contribution in [2.24, 2.45) is 0 Å². The van der Waals surface area contributed by atoms with Gasteiger partial charge in [0.15, 0.2) is 0 Å². The van der Waals surface area contributed by atoms with Crippen molar-refractivity contribution >= 4 is 28.5 Å². The summed E-state index contributed by atoms with van der Waals surface area (Å²) >= 11 is 0. The molecule has 1 N–H and O–H groups in total. The van der Waals surface area contributed by atoms with Crippen molar-refractivity contribution in [2.75, 3.05) is 25.0 Å². The number of ether oxygens (including phenoxy) is 2. The van der Waals surface area contributed by atoms with Crippen molar-refractivity contribution in [3.8, 4) is 0 Å². The average Bonchev–Trinajstić information content (AvgIpc) is 2.70. The van der Waals surface area contributed by atoms with Crippen molar-refractivity contribution < 1.29 is 19.1 Å². The van der Waals surface area contributed by atoms with E-state index in [1.807, 2.05) is 62.1 Å². The Morgan fingerprint density at radius 1 is 1.17 bits per heavy atom. The van der Waals surface area contributed by atoms with E-state index in [1.165, 1.54) is 0 Å². The number of anilines is 1. The number of nitrogens with zero attached hydrogens (tertiary/aromatic N) is 1. The van der Waals surface area contributed by atoms with Crippen molar-refractivity contribution in [2.45, 2.75) is 58.7 Å². The fourth-order valence-electron chi connectivity index (χ4n) is 3.65. The first-order valence-corrected chi connectivity index (χ1v) is 10.7. The number of carbonyl (C=O) groups is 2. The normalized spacial score (nSPS) is 17.1. The Kier molecular flexibility index (Phi) is 6.98. The van der Waals surface area contributed by atoms with Gasteiger partial charge in [-0.3, -0.25) is 10.1 Å². The molecule has 3 rings (SSSR count). The van der Waals surface area contributed by atoms with Crippen molar-refractivity contribution in [1.29, 1.82) is 0 Å². The molecule has 30 heavy (non-hydrogen) atoms. The van der Waals surface area contributed by atoms with Crippen LogP contribution >= 0.6 is 0 Å². The molecule has 2 aromatic carbocycles. The summed E-state index contributed by atoms with van der Waals surface area (Å²) in [7, 11) is 0. The summed E-state index contributed by atoms with van der Waals surface area (Å²) in [5.41, 5.74) is 0.308. The molecule has 0 aliphatic carbocycles. The molecule has 0 spiro atoms. The highest BCUT2D eigenvalue weighted by molar-refractivity contribution is 6.07. The molecule has 1 fully saturated rings. The average molecular weight is 413 g/mol. The fraction of sp³-hybridized carbons (Fsp3) is 0.500. The summed E-state index contributed by atoms with van der Waals surface area (Å²) in [6, 6.07) is 11.5. The first kappa shape index (κ1) is 22.1. The molecule has 1 aliphatic heterocycles. The van der Waals surface area contributed by atoms with Crippen LogP contribution in [0, 0.1) is 0 Å². The topological polar surface area (TPSA) is 67.9 Å². The minimum atomic E-state index is -0.623. The number of rotatable bonds is 5. The van der Waals surface area contributed by atoms with Crippen LogP contribution in [0.15, 0.2) is 36.4 Å². The molecule has 1 atom stereocenters. The monoisotopic (exact) mass is 412 g/mol. The maximum absolute atomic E-state index is 13.4. The van der Waals surface area contributed by atoms with E-state index in [9.17, 15) is 9.59 Å². The van der Waals surface area contributed by atoms with Crippen LogP contribution in [0.2, 0.25) is 0 Å². The minimum Gasteiger partial charge on any atom is -0.444 e. The predicted molar refractivity (Wildman–Crippen MR) is 119 cm³/mol. The molecule has 0 aromatic heterocycles. The number of piperidine rings is 1. The highest BCUT2D eigenvalue weighted by Gasteiger charge is 2.27. The van der Waals surface area contributed by atoms with E-state index in [-0.39, 0.29) is 12.0 Å². The number of fused-ring (bicyclic) bond motifs is 1. The first-order valence-electron chi connectivity index (χ1n) is 10.7. The lowest BCUT2D eigenvalue weighted by Gasteiger charge is -2.33. The van der Waals surface area contributed by atoms with Crippen LogP contribution in [-0.2, 0) is 9.47 Å². The van der Waals surface area contributed by atoms with Crippen molar-refractivity contribution in [1.82, 2.24) is 4.90 Å². The Morgan fingerprint density at radius 2 is 1.87 bits per heavy atom. The third-order valence-corrected chi connectivity index (χ3v) is 4.97. The summed E-state index contributed by atoms with van der Waals surface area (Å²) in [6.07, 6.45) is 2.31. The number of likely N-dealkylation sites (tertiary alicyclic amines) is 1. The molecule has 0 saturated carbocycles. The zero-order chi connectivity index (χ0) is 21.7. The zero-order valence-electron chi connectivity index (χ0n) is 18.4. The number of carbonyl (C=O) groups excluding carboxylic acids is 2. The van der Waals surface area contributed by atoms with Gasteiger partial charge in [-0.15, -0.1) is 0 Å². The van der Waals surface area contributed by atoms with Crippen LogP contribution in [-0.4, -0.2) is 48.3 Å². The van der Waals surface area contributed by atoms with E-state index in [4.69, 9.17) is 9.47 Å². The van der Waals surface area contributed by atoms with Crippen LogP contribution in [0.1, 0.15) is 57.3 Å². The molecule has 2 aromatic rings. The predicted octanol–water partition coefficient (Wildman–Crippen LogP) is 5.22. The molecule has 2 amide bonds. The molecular formula is C24H32N2O4. The van der Waals surface area contributed by atoms with Crippen LogP contribution in [0.3, 0.4) is 0 Å². The van der Waals surface area contributed by atoms with Gasteiger partial charge in [0.05, 0.1) is 17.4 Å². The molecular weight excluding hydrogens is 380 g/mol. The molecule has 0 radical (unpaired) electrons. The standard InChI is InChI=1S/C24H32N2O4/c1-5-13-29-19-11-8-12-26(16-19)22(27)20-14-17-9-6-7-10-18(17)15-21(20)25-23(28)30-24(2,3)4/h6-7,9-10,14-15,19H,5,8,11-13,16H2,1-4H3,(H,25,28). The van der Waals surface area contributed by atoms with Gasteiger partial charge in [-0.25, -0.2) is 4.79 Å². The van der Waals surface area contributed by atoms with Crippen LogP contribution in [0.4, 0.5) is 10.5 Å². The van der Waals surface area contributed by atoms with Crippen LogP contribution in [0.25, 0.3) is 10.8 Å². The minimum absolute atomic E-state index is 0.0605. The molecule has 6 heteroatoms. The molecule has 1 saturated heterocycles. The van der Waals surface area contributed by atoms with Gasteiger partial charge in [0.2, 0.25) is 0 Å². The number of benzene rings is 2. The maximum Gasteiger partial charge on any atom is 0.412 e. The third-order valence-electron chi connectivity index (χ3n) is 4.97. The van der Waals surface area contributed by atoms with E-state index in [0.717, 1.165) is 30.0 Å². The van der Waals surface area contributed by atoms with Crippen LogP contribution < -0.4 is 5.32 Å². The number of hydrogen-bond donors (Lipinski definition) is 1. The van der Waals surface area contributed by atoms with E-state index in [0.29, 0.717) is 30.9 Å². The Bertz CT molecular complexity index is 904. The van der Waals surface area contributed by atoms with Gasteiger partial charge in [-0.2, -0.15) is 0 Å². The van der Waals surface area contributed by atoms with E-state index >= 15 is 0 Å². The zero-order valence-corrected chi connectivity index (χ0v) is 18.4. The summed E-state index contributed by atoms with van der Waals surface area (Å²) < 4.78 is 11.3. The van der Waals surface area contributed by atoms with Gasteiger partial charge in [0.1, 0.15) is 5.60 Å². The maximum atomic E-state index is 13.4. The van der Waals surface area contributed by atoms with Gasteiger partial charge in [0, 0.05) is 19.7 Å². The lowest BCUT2D eigenvalue weighted by atomic mass is 10.0. The second-order valence-electron chi connectivity index (χ2n) is 8.76. The van der Waals surface area contributed by atoms with Gasteiger partial charge in [-0.1, -0.05) is 31.2 Å². The summed E-state index contributed by atoms with van der Waals surface area (Å²) in [4.78, 5) is 27.7. The van der Waals surface area contributed by atoms with Crippen LogP contribution in [0.5, 0.6) is 0 Å². The SMILES string of the molecule is CCCOC1CCCN(C(=O)c2cc3ccccc3cc2NC(=O)OC(C)(C)C)C1. The third kappa shape index (κ3) is 5.72. The Hall–Kier alpha value is -2.60. The highest BCUT2D eigenvalue weighted by Crippen LogP contribution is 2.27. The molecule has 1 aliphatic rings. The molecule has 0 bridgehead atoms. The fourth-order valence-corrected chi connectivity index (χ4v) is 3.65. The first-order chi connectivity index (χ1) is 14.3. The Balaban J connectivity index is 1.88. The second-order valence-corrected chi connectivity index (χ2v) is 8.76.